The van der Waals surface area contributed by atoms with E-state index in [0.717, 1.165) is 12.8 Å². The van der Waals surface area contributed by atoms with Crippen molar-refractivity contribution in [3.05, 3.63) is 34.1 Å². The van der Waals surface area contributed by atoms with Crippen LogP contribution >= 0.6 is 0 Å². The Morgan fingerprint density at radius 2 is 2.06 bits per heavy atom. The van der Waals surface area contributed by atoms with Gasteiger partial charge in [-0.05, 0) is 18.9 Å². The summed E-state index contributed by atoms with van der Waals surface area (Å²) in [4.78, 5) is 12.0. The lowest BCUT2D eigenvalue weighted by molar-refractivity contribution is -0.384. The number of halogens is 1. The van der Waals surface area contributed by atoms with Crippen LogP contribution in [0.2, 0.25) is 0 Å². The van der Waals surface area contributed by atoms with Gasteiger partial charge < -0.3 is 10.6 Å². The van der Waals surface area contributed by atoms with Gasteiger partial charge in [-0.25, -0.2) is 4.39 Å². The minimum atomic E-state index is -0.549. The van der Waals surface area contributed by atoms with Crippen molar-refractivity contribution in [3.63, 3.8) is 0 Å². The fourth-order valence-electron chi connectivity index (χ4n) is 2.09. The van der Waals surface area contributed by atoms with Crippen molar-refractivity contribution < 1.29 is 9.31 Å². The smallest absolute Gasteiger partial charge is 0.295 e. The lowest BCUT2D eigenvalue weighted by Crippen LogP contribution is -2.40. The van der Waals surface area contributed by atoms with E-state index in [9.17, 15) is 14.5 Å². The van der Waals surface area contributed by atoms with Crippen LogP contribution in [-0.4, -0.2) is 24.1 Å². The second kappa shape index (κ2) is 4.67. The molecule has 0 atom stereocenters. The van der Waals surface area contributed by atoms with E-state index in [1.807, 2.05) is 0 Å². The van der Waals surface area contributed by atoms with Crippen LogP contribution in [0.25, 0.3) is 0 Å². The summed E-state index contributed by atoms with van der Waals surface area (Å²) in [5.74, 6) is -0.547. The standard InChI is InChI=1S/C11H14FN3O2/c12-9-2-1-3-10(15(16)17)11(9)14-6-4-8(13)5-7-14/h1-3,8H,4-7,13H2. The van der Waals surface area contributed by atoms with Crippen molar-refractivity contribution in [1.29, 1.82) is 0 Å². The molecule has 5 nitrogen and oxygen atoms in total. The Kier molecular flexibility index (Phi) is 3.23. The molecule has 0 aromatic heterocycles. The van der Waals surface area contributed by atoms with E-state index < -0.39 is 10.7 Å². The molecule has 17 heavy (non-hydrogen) atoms. The third kappa shape index (κ3) is 2.36. The summed E-state index contributed by atoms with van der Waals surface area (Å²) in [6, 6.07) is 4.04. The number of piperidine rings is 1. The third-order valence-corrected chi connectivity index (χ3v) is 3.02. The second-order valence-corrected chi connectivity index (χ2v) is 4.19. The zero-order chi connectivity index (χ0) is 12.4. The molecular formula is C11H14FN3O2. The van der Waals surface area contributed by atoms with Crippen molar-refractivity contribution >= 4 is 11.4 Å². The number of nitrogens with zero attached hydrogens (tertiary/aromatic N) is 2. The molecule has 1 aromatic carbocycles. The lowest BCUT2D eigenvalue weighted by atomic mass is 10.0. The molecule has 1 aromatic rings. The molecule has 2 rings (SSSR count). The van der Waals surface area contributed by atoms with Gasteiger partial charge in [0.1, 0.15) is 0 Å². The Hall–Kier alpha value is -1.69. The summed E-state index contributed by atoms with van der Waals surface area (Å²) < 4.78 is 13.7. The zero-order valence-electron chi connectivity index (χ0n) is 9.30. The molecule has 92 valence electrons. The van der Waals surface area contributed by atoms with Crippen molar-refractivity contribution in [1.82, 2.24) is 0 Å². The summed E-state index contributed by atoms with van der Waals surface area (Å²) in [6.07, 6.45) is 1.46. The predicted octanol–water partition coefficient (Wildman–Crippen LogP) is 1.66. The molecular weight excluding hydrogens is 225 g/mol. The quantitative estimate of drug-likeness (QED) is 0.629. The fraction of sp³-hybridized carbons (Fsp3) is 0.455. The molecule has 1 heterocycles. The molecule has 2 N–H and O–H groups in total. The number of para-hydroxylation sites is 1. The van der Waals surface area contributed by atoms with Crippen molar-refractivity contribution in [2.24, 2.45) is 5.73 Å². The maximum absolute atomic E-state index is 13.7. The first kappa shape index (κ1) is 11.8. The van der Waals surface area contributed by atoms with Crippen molar-refractivity contribution in [2.75, 3.05) is 18.0 Å². The largest absolute Gasteiger partial charge is 0.363 e. The molecule has 1 aliphatic rings. The molecule has 0 radical (unpaired) electrons. The van der Waals surface area contributed by atoms with Crippen LogP contribution in [-0.2, 0) is 0 Å². The number of nitro benzene ring substituents is 1. The van der Waals surface area contributed by atoms with E-state index >= 15 is 0 Å². The highest BCUT2D eigenvalue weighted by atomic mass is 19.1. The molecule has 1 fully saturated rings. The summed E-state index contributed by atoms with van der Waals surface area (Å²) >= 11 is 0. The van der Waals surface area contributed by atoms with Gasteiger partial charge in [0, 0.05) is 25.2 Å². The molecule has 0 spiro atoms. The summed E-state index contributed by atoms with van der Waals surface area (Å²) in [7, 11) is 0. The molecule has 6 heteroatoms. The van der Waals surface area contributed by atoms with Crippen LogP contribution in [0.15, 0.2) is 18.2 Å². The molecule has 0 aliphatic carbocycles. The van der Waals surface area contributed by atoms with Gasteiger partial charge in [0.2, 0.25) is 0 Å². The Morgan fingerprint density at radius 3 is 2.65 bits per heavy atom. The Balaban J connectivity index is 2.33. The fourth-order valence-corrected chi connectivity index (χ4v) is 2.09. The average molecular weight is 239 g/mol. The number of anilines is 1. The monoisotopic (exact) mass is 239 g/mol. The maximum Gasteiger partial charge on any atom is 0.295 e. The first-order valence-corrected chi connectivity index (χ1v) is 5.53. The van der Waals surface area contributed by atoms with E-state index in [2.05, 4.69) is 0 Å². The number of nitrogens with two attached hydrogens (primary N) is 1. The van der Waals surface area contributed by atoms with E-state index in [0.29, 0.717) is 13.1 Å². The number of hydrogen-bond donors (Lipinski definition) is 1. The number of hydrogen-bond acceptors (Lipinski definition) is 4. The van der Waals surface area contributed by atoms with Gasteiger partial charge in [0.15, 0.2) is 11.5 Å². The molecule has 1 saturated heterocycles. The predicted molar refractivity (Wildman–Crippen MR) is 62.5 cm³/mol. The van der Waals surface area contributed by atoms with E-state index in [1.165, 1.54) is 18.2 Å². The van der Waals surface area contributed by atoms with Crippen molar-refractivity contribution in [3.8, 4) is 0 Å². The van der Waals surface area contributed by atoms with Crippen molar-refractivity contribution in [2.45, 2.75) is 18.9 Å². The second-order valence-electron chi connectivity index (χ2n) is 4.19. The van der Waals surface area contributed by atoms with E-state index in [1.54, 1.807) is 4.90 Å². The number of benzene rings is 1. The zero-order valence-corrected chi connectivity index (χ0v) is 9.30. The minimum Gasteiger partial charge on any atom is -0.363 e. The van der Waals surface area contributed by atoms with Gasteiger partial charge >= 0.3 is 0 Å². The van der Waals surface area contributed by atoms with Crippen LogP contribution in [0.1, 0.15) is 12.8 Å². The van der Waals surface area contributed by atoms with Gasteiger partial charge in [-0.3, -0.25) is 10.1 Å². The summed E-state index contributed by atoms with van der Waals surface area (Å²) in [5.41, 5.74) is 5.66. The Labute approximate surface area is 98.2 Å². The molecule has 0 unspecified atom stereocenters. The van der Waals surface area contributed by atoms with Crippen LogP contribution in [0.4, 0.5) is 15.8 Å². The highest BCUT2D eigenvalue weighted by Crippen LogP contribution is 2.32. The van der Waals surface area contributed by atoms with E-state index in [4.69, 9.17) is 5.73 Å². The SMILES string of the molecule is NC1CCN(c2c(F)cccc2[N+](=O)[O-])CC1. The van der Waals surface area contributed by atoms with Gasteiger partial charge in [-0.2, -0.15) is 0 Å². The van der Waals surface area contributed by atoms with E-state index in [-0.39, 0.29) is 17.4 Å². The normalized spacial score (nSPS) is 17.2. The highest BCUT2D eigenvalue weighted by Gasteiger charge is 2.26. The Morgan fingerprint density at radius 1 is 1.41 bits per heavy atom. The van der Waals surface area contributed by atoms with Crippen LogP contribution < -0.4 is 10.6 Å². The third-order valence-electron chi connectivity index (χ3n) is 3.02. The molecule has 0 bridgehead atoms. The summed E-state index contributed by atoms with van der Waals surface area (Å²) in [5, 5.41) is 10.9. The summed E-state index contributed by atoms with van der Waals surface area (Å²) in [6.45, 7) is 1.12. The molecule has 1 aliphatic heterocycles. The topological polar surface area (TPSA) is 72.4 Å². The van der Waals surface area contributed by atoms with Gasteiger partial charge in [-0.1, -0.05) is 6.07 Å². The highest BCUT2D eigenvalue weighted by molar-refractivity contribution is 5.64. The van der Waals surface area contributed by atoms with Gasteiger partial charge in [-0.15, -0.1) is 0 Å². The van der Waals surface area contributed by atoms with Crippen LogP contribution in [0.3, 0.4) is 0 Å². The van der Waals surface area contributed by atoms with Gasteiger partial charge in [0.25, 0.3) is 5.69 Å². The average Bonchev–Trinajstić information content (AvgIpc) is 2.30. The van der Waals surface area contributed by atoms with Gasteiger partial charge in [0.05, 0.1) is 4.92 Å². The van der Waals surface area contributed by atoms with Crippen LogP contribution in [0.5, 0.6) is 0 Å². The minimum absolute atomic E-state index is 0.0874. The van der Waals surface area contributed by atoms with Crippen LogP contribution in [0, 0.1) is 15.9 Å². The number of rotatable bonds is 2. The molecule has 0 amide bonds. The number of nitro groups is 1. The Bertz CT molecular complexity index is 431. The first-order chi connectivity index (χ1) is 8.09. The molecule has 0 saturated carbocycles. The first-order valence-electron chi connectivity index (χ1n) is 5.53. The lowest BCUT2D eigenvalue weighted by Gasteiger charge is -2.31. The maximum atomic E-state index is 13.7.